The number of hydrogen-bond acceptors (Lipinski definition) is 4. The van der Waals surface area contributed by atoms with Crippen LogP contribution in [0.4, 0.5) is 0 Å². The zero-order valence-electron chi connectivity index (χ0n) is 14.2. The molecule has 0 amide bonds. The van der Waals surface area contributed by atoms with Crippen LogP contribution in [0, 0.1) is 0 Å². The average molecular weight is 319 g/mol. The highest BCUT2D eigenvalue weighted by atomic mass is 32.2. The van der Waals surface area contributed by atoms with Crippen molar-refractivity contribution in [3.05, 3.63) is 0 Å². The molecule has 0 aliphatic rings. The minimum Gasteiger partial charge on any atom is -0.413 e. The van der Waals surface area contributed by atoms with Crippen molar-refractivity contribution in [1.29, 1.82) is 0 Å². The standard InChI is InChI=1S/C15H30O3SSi/c1-14(2,3)19-13(17)11-12(9-10-16)18-20(7,8)15(4,5)6/h10,12H,9,11H2,1-8H3/t12-/m1/s1. The Bertz CT molecular complexity index is 340. The van der Waals surface area contributed by atoms with Gasteiger partial charge in [-0.25, -0.2) is 0 Å². The van der Waals surface area contributed by atoms with Crippen molar-refractivity contribution in [1.82, 2.24) is 0 Å². The molecule has 0 fully saturated rings. The molecule has 0 bridgehead atoms. The van der Waals surface area contributed by atoms with Gasteiger partial charge in [0.05, 0.1) is 6.10 Å². The first-order valence-electron chi connectivity index (χ1n) is 7.12. The Morgan fingerprint density at radius 1 is 1.20 bits per heavy atom. The molecule has 5 heteroatoms. The number of carbonyl (C=O) groups is 2. The van der Waals surface area contributed by atoms with E-state index in [0.29, 0.717) is 12.8 Å². The SMILES string of the molecule is CC(C)(C)SC(=O)C[C@@H](CC=O)O[Si](C)(C)C(C)(C)C. The van der Waals surface area contributed by atoms with E-state index in [1.165, 1.54) is 11.8 Å². The summed E-state index contributed by atoms with van der Waals surface area (Å²) in [6.07, 6.45) is 1.18. The van der Waals surface area contributed by atoms with Crippen molar-refractivity contribution in [3.63, 3.8) is 0 Å². The van der Waals surface area contributed by atoms with Gasteiger partial charge in [0.15, 0.2) is 13.4 Å². The van der Waals surface area contributed by atoms with Gasteiger partial charge in [-0.3, -0.25) is 4.79 Å². The molecule has 0 aromatic rings. The summed E-state index contributed by atoms with van der Waals surface area (Å²) in [5, 5.41) is 0.178. The van der Waals surface area contributed by atoms with Crippen molar-refractivity contribution in [2.75, 3.05) is 0 Å². The zero-order valence-corrected chi connectivity index (χ0v) is 16.0. The van der Waals surface area contributed by atoms with Crippen LogP contribution < -0.4 is 0 Å². The van der Waals surface area contributed by atoms with E-state index in [1.807, 2.05) is 20.8 Å². The molecule has 0 heterocycles. The molecule has 0 aromatic heterocycles. The molecule has 0 saturated carbocycles. The third-order valence-corrected chi connectivity index (χ3v) is 8.98. The maximum atomic E-state index is 12.1. The van der Waals surface area contributed by atoms with Crippen LogP contribution in [0.15, 0.2) is 0 Å². The Balaban J connectivity index is 4.75. The second-order valence-electron chi connectivity index (χ2n) is 7.69. The van der Waals surface area contributed by atoms with E-state index in [2.05, 4.69) is 33.9 Å². The highest BCUT2D eigenvalue weighted by Crippen LogP contribution is 2.38. The third kappa shape index (κ3) is 7.60. The Labute approximate surface area is 129 Å². The van der Waals surface area contributed by atoms with Gasteiger partial charge < -0.3 is 9.22 Å². The molecule has 0 aromatic carbocycles. The van der Waals surface area contributed by atoms with Gasteiger partial charge in [-0.2, -0.15) is 0 Å². The summed E-state index contributed by atoms with van der Waals surface area (Å²) in [6.45, 7) is 16.8. The monoisotopic (exact) mass is 318 g/mol. The molecular formula is C15H30O3SSi. The van der Waals surface area contributed by atoms with Crippen molar-refractivity contribution in [3.8, 4) is 0 Å². The Kier molecular flexibility index (Phi) is 7.18. The van der Waals surface area contributed by atoms with Crippen LogP contribution in [0.3, 0.4) is 0 Å². The number of aldehydes is 1. The number of carbonyl (C=O) groups excluding carboxylic acids is 2. The van der Waals surface area contributed by atoms with E-state index in [1.54, 1.807) is 0 Å². The van der Waals surface area contributed by atoms with E-state index in [9.17, 15) is 9.59 Å². The molecule has 0 aliphatic heterocycles. The zero-order chi connectivity index (χ0) is 16.2. The molecular weight excluding hydrogens is 288 g/mol. The Hall–Kier alpha value is -0.133. The maximum absolute atomic E-state index is 12.1. The lowest BCUT2D eigenvalue weighted by Crippen LogP contribution is -2.44. The van der Waals surface area contributed by atoms with Crippen LogP contribution >= 0.6 is 11.8 Å². The average Bonchev–Trinajstić information content (AvgIpc) is 2.11. The Morgan fingerprint density at radius 3 is 2.05 bits per heavy atom. The second-order valence-corrected chi connectivity index (χ2v) is 14.3. The topological polar surface area (TPSA) is 43.4 Å². The molecule has 20 heavy (non-hydrogen) atoms. The summed E-state index contributed by atoms with van der Waals surface area (Å²) in [5.74, 6) is 0. The fraction of sp³-hybridized carbons (Fsp3) is 0.867. The third-order valence-electron chi connectivity index (χ3n) is 3.44. The lowest BCUT2D eigenvalue weighted by molar-refractivity contribution is -0.113. The molecule has 0 aliphatic carbocycles. The summed E-state index contributed by atoms with van der Waals surface area (Å²) < 4.78 is 6.10. The van der Waals surface area contributed by atoms with Crippen molar-refractivity contribution < 1.29 is 14.0 Å². The van der Waals surface area contributed by atoms with E-state index < -0.39 is 8.32 Å². The molecule has 3 nitrogen and oxygen atoms in total. The molecule has 0 unspecified atom stereocenters. The predicted octanol–water partition coefficient (Wildman–Crippen LogP) is 4.41. The number of rotatable bonds is 6. The van der Waals surface area contributed by atoms with E-state index in [4.69, 9.17) is 4.43 Å². The second kappa shape index (κ2) is 7.23. The van der Waals surface area contributed by atoms with E-state index >= 15 is 0 Å². The fourth-order valence-corrected chi connectivity index (χ4v) is 3.76. The number of thioether (sulfide) groups is 1. The largest absolute Gasteiger partial charge is 0.413 e. The first kappa shape index (κ1) is 19.9. The van der Waals surface area contributed by atoms with Gasteiger partial charge in [0, 0.05) is 17.6 Å². The van der Waals surface area contributed by atoms with Gasteiger partial charge in [0.25, 0.3) is 0 Å². The lowest BCUT2D eigenvalue weighted by atomic mass is 10.2. The first-order chi connectivity index (χ1) is 8.78. The molecule has 118 valence electrons. The highest BCUT2D eigenvalue weighted by molar-refractivity contribution is 8.14. The molecule has 0 saturated heterocycles. The van der Waals surface area contributed by atoms with Crippen LogP contribution in [0.25, 0.3) is 0 Å². The summed E-state index contributed by atoms with van der Waals surface area (Å²) >= 11 is 1.33. The minimum atomic E-state index is -1.95. The summed E-state index contributed by atoms with van der Waals surface area (Å²) in [6, 6.07) is 0. The highest BCUT2D eigenvalue weighted by Gasteiger charge is 2.39. The smallest absolute Gasteiger partial charge is 0.192 e. The fourth-order valence-electron chi connectivity index (χ4n) is 1.44. The van der Waals surface area contributed by atoms with Gasteiger partial charge in [0.2, 0.25) is 0 Å². The van der Waals surface area contributed by atoms with Crippen LogP contribution in [0.5, 0.6) is 0 Å². The van der Waals surface area contributed by atoms with Gasteiger partial charge in [0.1, 0.15) is 6.29 Å². The van der Waals surface area contributed by atoms with Gasteiger partial charge in [-0.15, -0.1) is 0 Å². The summed E-state index contributed by atoms with van der Waals surface area (Å²) in [7, 11) is -1.95. The molecule has 0 spiro atoms. The minimum absolute atomic E-state index is 0.0777. The summed E-state index contributed by atoms with van der Waals surface area (Å²) in [4.78, 5) is 22.9. The normalized spacial score (nSPS) is 15.0. The Morgan fingerprint density at radius 2 is 1.70 bits per heavy atom. The van der Waals surface area contributed by atoms with Crippen molar-refractivity contribution >= 4 is 31.5 Å². The summed E-state index contributed by atoms with van der Waals surface area (Å²) in [5.41, 5.74) is 0. The molecule has 0 N–H and O–H groups in total. The van der Waals surface area contributed by atoms with E-state index in [-0.39, 0.29) is 21.0 Å². The lowest BCUT2D eigenvalue weighted by Gasteiger charge is -2.39. The predicted molar refractivity (Wildman–Crippen MR) is 89.7 cm³/mol. The van der Waals surface area contributed by atoms with Gasteiger partial charge >= 0.3 is 0 Å². The molecule has 1 atom stereocenters. The number of hydrogen-bond donors (Lipinski definition) is 0. The first-order valence-corrected chi connectivity index (χ1v) is 10.8. The van der Waals surface area contributed by atoms with Crippen molar-refractivity contribution in [2.24, 2.45) is 0 Å². The van der Waals surface area contributed by atoms with Gasteiger partial charge in [-0.1, -0.05) is 53.3 Å². The van der Waals surface area contributed by atoms with E-state index in [0.717, 1.165) is 6.29 Å². The van der Waals surface area contributed by atoms with Crippen LogP contribution in [-0.2, 0) is 14.0 Å². The van der Waals surface area contributed by atoms with Crippen LogP contribution in [0.1, 0.15) is 54.4 Å². The molecule has 0 radical (unpaired) electrons. The quantitative estimate of drug-likeness (QED) is 0.537. The maximum Gasteiger partial charge on any atom is 0.192 e. The van der Waals surface area contributed by atoms with Gasteiger partial charge in [-0.05, 0) is 18.1 Å². The van der Waals surface area contributed by atoms with Crippen LogP contribution in [-0.4, -0.2) is 30.6 Å². The van der Waals surface area contributed by atoms with Crippen LogP contribution in [0.2, 0.25) is 18.1 Å². The molecule has 0 rings (SSSR count). The van der Waals surface area contributed by atoms with Crippen molar-refractivity contribution in [2.45, 2.75) is 83.4 Å².